The zero-order chi connectivity index (χ0) is 15.2. The van der Waals surface area contributed by atoms with Gasteiger partial charge in [0.25, 0.3) is 0 Å². The van der Waals surface area contributed by atoms with Crippen LogP contribution in [0.25, 0.3) is 0 Å². The number of nitrogens with zero attached hydrogens (tertiary/aromatic N) is 1. The summed E-state index contributed by atoms with van der Waals surface area (Å²) in [6, 6.07) is 6.43. The van der Waals surface area contributed by atoms with Crippen LogP contribution in [0.4, 0.5) is 5.69 Å². The fourth-order valence-corrected chi connectivity index (χ4v) is 2.99. The Bertz CT molecular complexity index is 486. The molecule has 2 rings (SSSR count). The summed E-state index contributed by atoms with van der Waals surface area (Å²) in [6.45, 7) is 5.59. The lowest BCUT2D eigenvalue weighted by molar-refractivity contribution is -0.118. The van der Waals surface area contributed by atoms with Crippen LogP contribution in [0.2, 0.25) is 0 Å². The van der Waals surface area contributed by atoms with Crippen LogP contribution in [0.1, 0.15) is 36.8 Å². The van der Waals surface area contributed by atoms with Gasteiger partial charge >= 0.3 is 0 Å². The standard InChI is InChI=1S/C17H26N2O2/c1-13-6-7-14(2)16(11-13)18-17(21)12-19-9-4-3-5-15(19)8-10-20/h6-7,11,15,20H,3-5,8-10,12H2,1-2H3,(H,18,21). The quantitative estimate of drug-likeness (QED) is 0.876. The summed E-state index contributed by atoms with van der Waals surface area (Å²) in [7, 11) is 0. The molecule has 1 amide bonds. The van der Waals surface area contributed by atoms with Gasteiger partial charge < -0.3 is 10.4 Å². The molecule has 1 heterocycles. The van der Waals surface area contributed by atoms with E-state index in [0.717, 1.165) is 42.6 Å². The van der Waals surface area contributed by atoms with Crippen molar-refractivity contribution in [1.29, 1.82) is 0 Å². The highest BCUT2D eigenvalue weighted by atomic mass is 16.3. The van der Waals surface area contributed by atoms with Gasteiger partial charge in [-0.05, 0) is 56.8 Å². The van der Waals surface area contributed by atoms with Crippen LogP contribution in [0, 0.1) is 13.8 Å². The van der Waals surface area contributed by atoms with Gasteiger partial charge in [-0.1, -0.05) is 18.6 Å². The van der Waals surface area contributed by atoms with Crippen molar-refractivity contribution in [3.8, 4) is 0 Å². The Balaban J connectivity index is 1.95. The number of carbonyl (C=O) groups excluding carboxylic acids is 1. The Hall–Kier alpha value is -1.39. The van der Waals surface area contributed by atoms with Crippen LogP contribution < -0.4 is 5.32 Å². The fraction of sp³-hybridized carbons (Fsp3) is 0.588. The van der Waals surface area contributed by atoms with Crippen LogP contribution in [0.3, 0.4) is 0 Å². The zero-order valence-corrected chi connectivity index (χ0v) is 13.1. The first-order valence-electron chi connectivity index (χ1n) is 7.82. The van der Waals surface area contributed by atoms with E-state index >= 15 is 0 Å². The Morgan fingerprint density at radius 3 is 2.95 bits per heavy atom. The lowest BCUT2D eigenvalue weighted by atomic mass is 9.99. The summed E-state index contributed by atoms with van der Waals surface area (Å²) in [5.41, 5.74) is 3.13. The third-order valence-electron chi connectivity index (χ3n) is 4.23. The highest BCUT2D eigenvalue weighted by Gasteiger charge is 2.23. The van der Waals surface area contributed by atoms with Crippen LogP contribution >= 0.6 is 0 Å². The minimum Gasteiger partial charge on any atom is -0.396 e. The molecule has 1 aliphatic heterocycles. The SMILES string of the molecule is Cc1ccc(C)c(NC(=O)CN2CCCCC2CCO)c1. The predicted octanol–water partition coefficient (Wildman–Crippen LogP) is 2.48. The van der Waals surface area contributed by atoms with E-state index in [1.807, 2.05) is 32.0 Å². The third kappa shape index (κ3) is 4.55. The van der Waals surface area contributed by atoms with E-state index in [0.29, 0.717) is 12.6 Å². The number of amides is 1. The van der Waals surface area contributed by atoms with Crippen molar-refractivity contribution in [2.45, 2.75) is 45.6 Å². The molecule has 0 bridgehead atoms. The topological polar surface area (TPSA) is 52.6 Å². The summed E-state index contributed by atoms with van der Waals surface area (Å²) >= 11 is 0. The van der Waals surface area contributed by atoms with Crippen LogP contribution in [-0.4, -0.2) is 41.7 Å². The molecule has 0 aliphatic carbocycles. The number of hydrogen-bond acceptors (Lipinski definition) is 3. The summed E-state index contributed by atoms with van der Waals surface area (Å²) in [6.07, 6.45) is 4.17. The van der Waals surface area contributed by atoms with Crippen LogP contribution in [-0.2, 0) is 4.79 Å². The summed E-state index contributed by atoms with van der Waals surface area (Å²) in [4.78, 5) is 14.5. The molecule has 1 saturated heterocycles. The van der Waals surface area contributed by atoms with Crippen LogP contribution in [0.5, 0.6) is 0 Å². The maximum absolute atomic E-state index is 12.3. The molecule has 1 unspecified atom stereocenters. The van der Waals surface area contributed by atoms with E-state index in [-0.39, 0.29) is 12.5 Å². The Kier molecular flexibility index (Phi) is 5.76. The number of hydrogen-bond donors (Lipinski definition) is 2. The number of anilines is 1. The molecule has 0 spiro atoms. The smallest absolute Gasteiger partial charge is 0.238 e. The third-order valence-corrected chi connectivity index (χ3v) is 4.23. The lowest BCUT2D eigenvalue weighted by Crippen LogP contribution is -2.44. The molecule has 0 aromatic heterocycles. The second-order valence-corrected chi connectivity index (χ2v) is 6.00. The van der Waals surface area contributed by atoms with Gasteiger partial charge in [-0.15, -0.1) is 0 Å². The second kappa shape index (κ2) is 7.57. The van der Waals surface area contributed by atoms with Gasteiger partial charge in [-0.25, -0.2) is 0 Å². The molecule has 0 saturated carbocycles. The highest BCUT2D eigenvalue weighted by molar-refractivity contribution is 5.93. The molecule has 1 aromatic carbocycles. The normalized spacial score (nSPS) is 19.5. The fourth-order valence-electron chi connectivity index (χ4n) is 2.99. The van der Waals surface area contributed by atoms with E-state index in [4.69, 9.17) is 5.11 Å². The van der Waals surface area contributed by atoms with Gasteiger partial charge in [0, 0.05) is 18.3 Å². The van der Waals surface area contributed by atoms with Gasteiger partial charge in [0.15, 0.2) is 0 Å². The largest absolute Gasteiger partial charge is 0.396 e. The summed E-state index contributed by atoms with van der Waals surface area (Å²) in [5.74, 6) is 0.0357. The van der Waals surface area contributed by atoms with Gasteiger partial charge in [0.2, 0.25) is 5.91 Å². The predicted molar refractivity (Wildman–Crippen MR) is 85.5 cm³/mol. The molecule has 1 aromatic rings. The molecule has 4 nitrogen and oxygen atoms in total. The first-order valence-corrected chi connectivity index (χ1v) is 7.82. The number of aliphatic hydroxyl groups is 1. The molecule has 1 atom stereocenters. The number of rotatable bonds is 5. The van der Waals surface area contributed by atoms with Crippen LogP contribution in [0.15, 0.2) is 18.2 Å². The van der Waals surface area contributed by atoms with Gasteiger partial charge in [0.05, 0.1) is 6.54 Å². The molecular weight excluding hydrogens is 264 g/mol. The average molecular weight is 290 g/mol. The van der Waals surface area contributed by atoms with E-state index in [2.05, 4.69) is 10.2 Å². The summed E-state index contributed by atoms with van der Waals surface area (Å²) in [5, 5.41) is 12.2. The van der Waals surface area contributed by atoms with Gasteiger partial charge in [0.1, 0.15) is 0 Å². The number of aryl methyl sites for hydroxylation is 2. The molecule has 4 heteroatoms. The Morgan fingerprint density at radius 2 is 2.19 bits per heavy atom. The van der Waals surface area contributed by atoms with E-state index in [1.165, 1.54) is 6.42 Å². The second-order valence-electron chi connectivity index (χ2n) is 6.00. The lowest BCUT2D eigenvalue weighted by Gasteiger charge is -2.34. The maximum atomic E-state index is 12.3. The van der Waals surface area contributed by atoms with E-state index in [1.54, 1.807) is 0 Å². The van der Waals surface area contributed by atoms with Crippen molar-refractivity contribution < 1.29 is 9.90 Å². The summed E-state index contributed by atoms with van der Waals surface area (Å²) < 4.78 is 0. The average Bonchev–Trinajstić information content (AvgIpc) is 2.45. The molecule has 116 valence electrons. The first-order chi connectivity index (χ1) is 10.1. The number of benzene rings is 1. The Labute approximate surface area is 127 Å². The Morgan fingerprint density at radius 1 is 1.38 bits per heavy atom. The molecule has 1 aliphatic rings. The number of carbonyl (C=O) groups is 1. The number of piperidine rings is 1. The first kappa shape index (κ1) is 16.0. The molecular formula is C17H26N2O2. The maximum Gasteiger partial charge on any atom is 0.238 e. The van der Waals surface area contributed by atoms with Crippen molar-refractivity contribution in [2.24, 2.45) is 0 Å². The molecule has 2 N–H and O–H groups in total. The minimum atomic E-state index is 0.0357. The monoisotopic (exact) mass is 290 g/mol. The van der Waals surface area contributed by atoms with Crippen molar-refractivity contribution in [2.75, 3.05) is 25.0 Å². The van der Waals surface area contributed by atoms with Gasteiger partial charge in [-0.2, -0.15) is 0 Å². The number of aliphatic hydroxyl groups excluding tert-OH is 1. The van der Waals surface area contributed by atoms with Crippen molar-refractivity contribution in [1.82, 2.24) is 4.90 Å². The number of nitrogens with one attached hydrogen (secondary N) is 1. The zero-order valence-electron chi connectivity index (χ0n) is 13.1. The van der Waals surface area contributed by atoms with Crippen molar-refractivity contribution in [3.63, 3.8) is 0 Å². The molecule has 1 fully saturated rings. The van der Waals surface area contributed by atoms with E-state index in [9.17, 15) is 4.79 Å². The van der Waals surface area contributed by atoms with E-state index < -0.39 is 0 Å². The molecule has 0 radical (unpaired) electrons. The highest BCUT2D eigenvalue weighted by Crippen LogP contribution is 2.20. The van der Waals surface area contributed by atoms with Crippen molar-refractivity contribution in [3.05, 3.63) is 29.3 Å². The minimum absolute atomic E-state index is 0.0357. The molecule has 21 heavy (non-hydrogen) atoms. The number of likely N-dealkylation sites (tertiary alicyclic amines) is 1. The van der Waals surface area contributed by atoms with Gasteiger partial charge in [-0.3, -0.25) is 9.69 Å². The van der Waals surface area contributed by atoms with Crippen molar-refractivity contribution >= 4 is 11.6 Å².